The van der Waals surface area contributed by atoms with E-state index in [0.29, 0.717) is 18.9 Å². The third kappa shape index (κ3) is 5.66. The van der Waals surface area contributed by atoms with Crippen molar-refractivity contribution in [2.45, 2.75) is 39.7 Å². The Kier molecular flexibility index (Phi) is 7.33. The number of aliphatic imine (C=N–C) groups is 1. The lowest BCUT2D eigenvalue weighted by Gasteiger charge is -2.25. The number of aromatic hydroxyl groups is 1. The van der Waals surface area contributed by atoms with E-state index in [4.69, 9.17) is 4.74 Å². The summed E-state index contributed by atoms with van der Waals surface area (Å²) in [4.78, 5) is 6.01. The second kappa shape index (κ2) is 9.48. The third-order valence-electron chi connectivity index (χ3n) is 3.97. The second-order valence-corrected chi connectivity index (χ2v) is 7.59. The maximum absolute atomic E-state index is 9.81. The molecule has 0 atom stereocenters. The molecule has 0 spiro atoms. The van der Waals surface area contributed by atoms with E-state index in [-0.39, 0.29) is 11.2 Å². The van der Waals surface area contributed by atoms with Gasteiger partial charge >= 0.3 is 0 Å². The molecule has 0 radical (unpaired) electrons. The number of benzene rings is 1. The summed E-state index contributed by atoms with van der Waals surface area (Å²) in [5.41, 5.74) is 1.02. The summed E-state index contributed by atoms with van der Waals surface area (Å²) in [5.74, 6) is 1.43. The lowest BCUT2D eigenvalue weighted by Crippen LogP contribution is -2.43. The first-order chi connectivity index (χ1) is 12.5. The monoisotopic (exact) mass is 375 g/mol. The number of ether oxygens (including phenoxy) is 1. The van der Waals surface area contributed by atoms with Gasteiger partial charge in [-0.15, -0.1) is 11.3 Å². The summed E-state index contributed by atoms with van der Waals surface area (Å²) < 4.78 is 5.44. The smallest absolute Gasteiger partial charge is 0.191 e. The van der Waals surface area contributed by atoms with Gasteiger partial charge in [-0.2, -0.15) is 0 Å². The molecule has 6 heteroatoms. The van der Waals surface area contributed by atoms with Gasteiger partial charge < -0.3 is 20.5 Å². The molecule has 0 saturated heterocycles. The van der Waals surface area contributed by atoms with Crippen molar-refractivity contribution in [2.75, 3.05) is 19.7 Å². The fraction of sp³-hybridized carbons (Fsp3) is 0.450. The van der Waals surface area contributed by atoms with E-state index in [1.807, 2.05) is 19.1 Å². The van der Waals surface area contributed by atoms with Crippen molar-refractivity contribution in [1.29, 1.82) is 0 Å². The van der Waals surface area contributed by atoms with Crippen LogP contribution in [0.5, 0.6) is 11.5 Å². The molecule has 0 saturated carbocycles. The topological polar surface area (TPSA) is 65.9 Å². The number of guanidine groups is 1. The van der Waals surface area contributed by atoms with Crippen LogP contribution in [0.1, 0.15) is 38.1 Å². The first-order valence-electron chi connectivity index (χ1n) is 8.97. The van der Waals surface area contributed by atoms with Crippen LogP contribution < -0.4 is 15.4 Å². The van der Waals surface area contributed by atoms with E-state index in [0.717, 1.165) is 24.6 Å². The van der Waals surface area contributed by atoms with Gasteiger partial charge in [0.25, 0.3) is 0 Å². The molecular formula is C20H29N3O2S. The Bertz CT molecular complexity index is 712. The van der Waals surface area contributed by atoms with Crippen LogP contribution in [0.15, 0.2) is 40.7 Å². The maximum atomic E-state index is 9.81. The Morgan fingerprint density at radius 3 is 2.69 bits per heavy atom. The second-order valence-electron chi connectivity index (χ2n) is 6.64. The van der Waals surface area contributed by atoms with Crippen LogP contribution in [0.3, 0.4) is 0 Å². The van der Waals surface area contributed by atoms with Crippen molar-refractivity contribution in [1.82, 2.24) is 10.6 Å². The van der Waals surface area contributed by atoms with Gasteiger partial charge in [0, 0.05) is 23.4 Å². The third-order valence-corrected chi connectivity index (χ3v) is 5.21. The average molecular weight is 376 g/mol. The quantitative estimate of drug-likeness (QED) is 0.484. The molecule has 0 aliphatic carbocycles. The average Bonchev–Trinajstić information content (AvgIpc) is 3.16. The van der Waals surface area contributed by atoms with E-state index in [1.165, 1.54) is 4.88 Å². The molecule has 1 heterocycles. The Balaban J connectivity index is 2.03. The molecule has 1 aromatic carbocycles. The van der Waals surface area contributed by atoms with Crippen molar-refractivity contribution in [3.63, 3.8) is 0 Å². The summed E-state index contributed by atoms with van der Waals surface area (Å²) in [6.45, 7) is 11.0. The zero-order valence-electron chi connectivity index (χ0n) is 16.0. The van der Waals surface area contributed by atoms with Crippen molar-refractivity contribution < 1.29 is 9.84 Å². The number of rotatable bonds is 8. The molecular weight excluding hydrogens is 346 g/mol. The molecule has 3 N–H and O–H groups in total. The fourth-order valence-electron chi connectivity index (χ4n) is 2.50. The Morgan fingerprint density at radius 2 is 2.04 bits per heavy atom. The van der Waals surface area contributed by atoms with Crippen molar-refractivity contribution in [2.24, 2.45) is 4.99 Å². The van der Waals surface area contributed by atoms with Gasteiger partial charge in [0.05, 0.1) is 13.2 Å². The van der Waals surface area contributed by atoms with E-state index in [2.05, 4.69) is 53.9 Å². The largest absolute Gasteiger partial charge is 0.504 e. The van der Waals surface area contributed by atoms with Crippen LogP contribution in [0.2, 0.25) is 0 Å². The van der Waals surface area contributed by atoms with E-state index >= 15 is 0 Å². The number of thiophene rings is 1. The van der Waals surface area contributed by atoms with Gasteiger partial charge in [0.2, 0.25) is 0 Å². The number of phenols is 1. The molecule has 0 bridgehead atoms. The molecule has 1 aromatic heterocycles. The minimum absolute atomic E-state index is 0.0328. The minimum atomic E-state index is 0.0328. The van der Waals surface area contributed by atoms with Gasteiger partial charge in [-0.1, -0.05) is 26.0 Å². The maximum Gasteiger partial charge on any atom is 0.191 e. The lowest BCUT2D eigenvalue weighted by molar-refractivity contribution is 0.318. The first kappa shape index (κ1) is 20.1. The van der Waals surface area contributed by atoms with Gasteiger partial charge in [0.15, 0.2) is 17.5 Å². The Labute approximate surface area is 160 Å². The van der Waals surface area contributed by atoms with Crippen molar-refractivity contribution >= 4 is 17.3 Å². The Hall–Kier alpha value is -2.21. The normalized spacial score (nSPS) is 12.1. The molecule has 2 rings (SSSR count). The summed E-state index contributed by atoms with van der Waals surface area (Å²) in [7, 11) is 0. The Morgan fingerprint density at radius 1 is 1.23 bits per heavy atom. The van der Waals surface area contributed by atoms with E-state index < -0.39 is 0 Å². The molecule has 142 valence electrons. The van der Waals surface area contributed by atoms with Gasteiger partial charge in [-0.3, -0.25) is 0 Å². The summed E-state index contributed by atoms with van der Waals surface area (Å²) in [5, 5.41) is 18.6. The number of nitrogens with zero attached hydrogens (tertiary/aromatic N) is 1. The zero-order valence-corrected chi connectivity index (χ0v) is 16.8. The highest BCUT2D eigenvalue weighted by Gasteiger charge is 2.21. The number of hydrogen-bond donors (Lipinski definition) is 3. The van der Waals surface area contributed by atoms with E-state index in [9.17, 15) is 5.11 Å². The van der Waals surface area contributed by atoms with E-state index in [1.54, 1.807) is 17.4 Å². The number of hydrogen-bond acceptors (Lipinski definition) is 4. The highest BCUT2D eigenvalue weighted by atomic mass is 32.1. The standard InChI is InChI=1S/C20H29N3O2S/c1-5-21-19(23-14-20(3,4)18-8-7-11-26-18)22-13-15-9-10-16(24)17(12-15)25-6-2/h7-12,24H,5-6,13-14H2,1-4H3,(H2,21,22,23). The zero-order chi connectivity index (χ0) is 19.0. The fourth-order valence-corrected chi connectivity index (χ4v) is 3.35. The highest BCUT2D eigenvalue weighted by Crippen LogP contribution is 2.27. The predicted octanol–water partition coefficient (Wildman–Crippen LogP) is 3.89. The van der Waals surface area contributed by atoms with Crippen LogP contribution in [-0.2, 0) is 12.0 Å². The molecule has 0 aliphatic rings. The SMILES string of the molecule is CCNC(=NCc1ccc(O)c(OCC)c1)NCC(C)(C)c1cccs1. The van der Waals surface area contributed by atoms with Gasteiger partial charge in [-0.05, 0) is 43.0 Å². The van der Waals surface area contributed by atoms with Gasteiger partial charge in [-0.25, -0.2) is 4.99 Å². The number of nitrogens with one attached hydrogen (secondary N) is 2. The molecule has 0 amide bonds. The van der Waals surface area contributed by atoms with Crippen LogP contribution >= 0.6 is 11.3 Å². The van der Waals surface area contributed by atoms with Crippen molar-refractivity contribution in [3.05, 3.63) is 46.2 Å². The van der Waals surface area contributed by atoms with Crippen molar-refractivity contribution in [3.8, 4) is 11.5 Å². The van der Waals surface area contributed by atoms with Gasteiger partial charge in [0.1, 0.15) is 0 Å². The first-order valence-corrected chi connectivity index (χ1v) is 9.85. The lowest BCUT2D eigenvalue weighted by atomic mass is 9.91. The molecule has 2 aromatic rings. The summed E-state index contributed by atoms with van der Waals surface area (Å²) >= 11 is 1.77. The minimum Gasteiger partial charge on any atom is -0.504 e. The number of phenolic OH excluding ortho intramolecular Hbond substituents is 1. The van der Waals surface area contributed by atoms with Crippen LogP contribution in [-0.4, -0.2) is 30.8 Å². The molecule has 0 unspecified atom stereocenters. The summed E-state index contributed by atoms with van der Waals surface area (Å²) in [6.07, 6.45) is 0. The molecule has 5 nitrogen and oxygen atoms in total. The molecule has 26 heavy (non-hydrogen) atoms. The van der Waals surface area contributed by atoms with Crippen LogP contribution in [0.4, 0.5) is 0 Å². The summed E-state index contributed by atoms with van der Waals surface area (Å²) in [6, 6.07) is 9.60. The predicted molar refractivity (Wildman–Crippen MR) is 109 cm³/mol. The van der Waals surface area contributed by atoms with Crippen LogP contribution in [0, 0.1) is 0 Å². The molecule has 0 fully saturated rings. The van der Waals surface area contributed by atoms with Crippen LogP contribution in [0.25, 0.3) is 0 Å². The highest BCUT2D eigenvalue weighted by molar-refractivity contribution is 7.10. The molecule has 0 aliphatic heterocycles.